The van der Waals surface area contributed by atoms with E-state index in [0.717, 1.165) is 28.3 Å². The molecular weight excluding hydrogens is 421 g/mol. The topological polar surface area (TPSA) is 46.0 Å². The van der Waals surface area contributed by atoms with Gasteiger partial charge in [-0.3, -0.25) is 9.97 Å². The van der Waals surface area contributed by atoms with Crippen LogP contribution in [0.15, 0.2) is 79.3 Å². The predicted octanol–water partition coefficient (Wildman–Crippen LogP) is 5.20. The lowest BCUT2D eigenvalue weighted by Crippen LogP contribution is -2.30. The van der Waals surface area contributed by atoms with Crippen molar-refractivity contribution in [2.45, 2.75) is 25.9 Å². The summed E-state index contributed by atoms with van der Waals surface area (Å²) >= 11 is 5.72. The van der Waals surface area contributed by atoms with Gasteiger partial charge < -0.3 is 14.8 Å². The number of halogens is 1. The Morgan fingerprint density at radius 2 is 1.81 bits per heavy atom. The molecule has 1 aliphatic rings. The van der Waals surface area contributed by atoms with E-state index in [2.05, 4.69) is 39.8 Å². The third kappa shape index (κ3) is 3.35. The fraction of sp³-hybridized carbons (Fsp3) is 0.160. The van der Waals surface area contributed by atoms with Gasteiger partial charge in [0.05, 0.1) is 35.3 Å². The molecule has 3 aromatic heterocycles. The van der Waals surface area contributed by atoms with E-state index >= 15 is 0 Å². The van der Waals surface area contributed by atoms with Crippen LogP contribution in [0.4, 0.5) is 10.1 Å². The molecule has 5 rings (SSSR count). The Hall–Kier alpha value is -3.58. The van der Waals surface area contributed by atoms with Gasteiger partial charge in [0.25, 0.3) is 0 Å². The minimum atomic E-state index is -0.315. The van der Waals surface area contributed by atoms with Crippen LogP contribution in [0, 0.1) is 19.7 Å². The molecule has 32 heavy (non-hydrogen) atoms. The zero-order valence-electron chi connectivity index (χ0n) is 17.7. The van der Waals surface area contributed by atoms with E-state index in [-0.39, 0.29) is 17.9 Å². The van der Waals surface area contributed by atoms with Gasteiger partial charge in [-0.2, -0.15) is 0 Å². The number of benzene rings is 1. The van der Waals surface area contributed by atoms with Gasteiger partial charge in [0.15, 0.2) is 5.11 Å². The zero-order valence-corrected chi connectivity index (χ0v) is 18.6. The monoisotopic (exact) mass is 443 g/mol. The average molecular weight is 444 g/mol. The molecule has 4 aromatic rings. The van der Waals surface area contributed by atoms with Gasteiger partial charge in [-0.05, 0) is 74.1 Å². The summed E-state index contributed by atoms with van der Waals surface area (Å²) in [5, 5.41) is 3.87. The van der Waals surface area contributed by atoms with Crippen molar-refractivity contribution in [3.8, 4) is 5.69 Å². The average Bonchev–Trinajstić information content (AvgIpc) is 3.30. The van der Waals surface area contributed by atoms with Crippen molar-refractivity contribution >= 4 is 23.0 Å². The second-order valence-electron chi connectivity index (χ2n) is 7.82. The summed E-state index contributed by atoms with van der Waals surface area (Å²) in [6.07, 6.45) is 5.36. The lowest BCUT2D eigenvalue weighted by Gasteiger charge is -2.28. The Balaban J connectivity index is 1.70. The highest BCUT2D eigenvalue weighted by Crippen LogP contribution is 2.44. The van der Waals surface area contributed by atoms with E-state index < -0.39 is 0 Å². The molecule has 4 heterocycles. The summed E-state index contributed by atoms with van der Waals surface area (Å²) in [5.74, 6) is -0.315. The van der Waals surface area contributed by atoms with Crippen LogP contribution in [0.3, 0.4) is 0 Å². The Labute approximate surface area is 191 Å². The SMILES string of the molecule is Cc1cc([C@H]2[C@H](c3ccccn3)NC(=S)N2c2ccccc2F)c(C)n1-c1cccnc1. The van der Waals surface area contributed by atoms with Crippen molar-refractivity contribution < 1.29 is 4.39 Å². The Morgan fingerprint density at radius 1 is 1.00 bits per heavy atom. The summed E-state index contributed by atoms with van der Waals surface area (Å²) in [6, 6.07) is 18.1. The number of nitrogens with zero attached hydrogens (tertiary/aromatic N) is 4. The number of pyridine rings is 2. The van der Waals surface area contributed by atoms with Gasteiger partial charge in [-0.15, -0.1) is 0 Å². The van der Waals surface area contributed by atoms with Crippen molar-refractivity contribution in [3.05, 3.63) is 108 Å². The van der Waals surface area contributed by atoms with Crippen molar-refractivity contribution in [1.29, 1.82) is 0 Å². The highest BCUT2D eigenvalue weighted by Gasteiger charge is 2.43. The van der Waals surface area contributed by atoms with Crippen LogP contribution >= 0.6 is 12.2 Å². The highest BCUT2D eigenvalue weighted by molar-refractivity contribution is 7.80. The maximum atomic E-state index is 14.9. The number of hydrogen-bond donors (Lipinski definition) is 1. The van der Waals surface area contributed by atoms with E-state index in [9.17, 15) is 4.39 Å². The Kier molecular flexibility index (Phi) is 5.19. The largest absolute Gasteiger partial charge is 0.351 e. The van der Waals surface area contributed by atoms with E-state index in [0.29, 0.717) is 10.8 Å². The van der Waals surface area contributed by atoms with Crippen molar-refractivity contribution in [2.24, 2.45) is 0 Å². The summed E-state index contributed by atoms with van der Waals surface area (Å²) in [4.78, 5) is 10.7. The van der Waals surface area contributed by atoms with Crippen LogP contribution in [0.1, 0.15) is 34.7 Å². The van der Waals surface area contributed by atoms with Gasteiger partial charge >= 0.3 is 0 Å². The normalized spacial score (nSPS) is 18.1. The molecule has 0 radical (unpaired) electrons. The molecule has 0 unspecified atom stereocenters. The number of thiocarbonyl (C=S) groups is 1. The molecule has 0 amide bonds. The minimum absolute atomic E-state index is 0.230. The molecule has 7 heteroatoms. The number of anilines is 1. The first kappa shape index (κ1) is 20.3. The first-order valence-electron chi connectivity index (χ1n) is 10.4. The van der Waals surface area contributed by atoms with Crippen LogP contribution in [0.2, 0.25) is 0 Å². The minimum Gasteiger partial charge on any atom is -0.351 e. The summed E-state index contributed by atoms with van der Waals surface area (Å²) in [6.45, 7) is 4.14. The predicted molar refractivity (Wildman–Crippen MR) is 127 cm³/mol. The summed E-state index contributed by atoms with van der Waals surface area (Å²) in [5.41, 5.74) is 5.45. The molecule has 1 aromatic carbocycles. The van der Waals surface area contributed by atoms with Crippen molar-refractivity contribution in [2.75, 3.05) is 4.90 Å². The molecule has 0 saturated carbocycles. The Morgan fingerprint density at radius 3 is 2.53 bits per heavy atom. The van der Waals surface area contributed by atoms with E-state index in [1.165, 1.54) is 6.07 Å². The third-order valence-corrected chi connectivity index (χ3v) is 6.22. The highest BCUT2D eigenvalue weighted by atomic mass is 32.1. The number of rotatable bonds is 4. The van der Waals surface area contributed by atoms with Gasteiger partial charge in [0.1, 0.15) is 5.82 Å². The van der Waals surface area contributed by atoms with Crippen LogP contribution in [0.25, 0.3) is 5.69 Å². The maximum Gasteiger partial charge on any atom is 0.174 e. The summed E-state index contributed by atoms with van der Waals surface area (Å²) < 4.78 is 17.1. The van der Waals surface area contributed by atoms with E-state index in [1.807, 2.05) is 47.5 Å². The van der Waals surface area contributed by atoms with Gasteiger partial charge in [0, 0.05) is 23.8 Å². The number of nitrogens with one attached hydrogen (secondary N) is 1. The number of hydrogen-bond acceptors (Lipinski definition) is 3. The molecule has 0 spiro atoms. The molecular formula is C25H22FN5S. The van der Waals surface area contributed by atoms with Gasteiger partial charge in [-0.1, -0.05) is 18.2 Å². The van der Waals surface area contributed by atoms with Gasteiger partial charge in [0.2, 0.25) is 0 Å². The van der Waals surface area contributed by atoms with Crippen molar-refractivity contribution in [3.63, 3.8) is 0 Å². The molecule has 1 N–H and O–H groups in total. The number of aryl methyl sites for hydroxylation is 1. The fourth-order valence-electron chi connectivity index (χ4n) is 4.55. The lowest BCUT2D eigenvalue weighted by atomic mass is 9.96. The molecule has 0 aliphatic carbocycles. The maximum absolute atomic E-state index is 14.9. The van der Waals surface area contributed by atoms with E-state index in [1.54, 1.807) is 24.5 Å². The van der Waals surface area contributed by atoms with Crippen LogP contribution in [-0.4, -0.2) is 19.6 Å². The lowest BCUT2D eigenvalue weighted by molar-refractivity contribution is 0.556. The Bertz CT molecular complexity index is 1270. The molecule has 2 atom stereocenters. The fourth-order valence-corrected chi connectivity index (χ4v) is 4.89. The molecule has 1 aliphatic heterocycles. The second-order valence-corrected chi connectivity index (χ2v) is 8.21. The third-order valence-electron chi connectivity index (χ3n) is 5.90. The first-order chi connectivity index (χ1) is 15.6. The summed E-state index contributed by atoms with van der Waals surface area (Å²) in [7, 11) is 0. The molecule has 5 nitrogen and oxygen atoms in total. The van der Waals surface area contributed by atoms with Gasteiger partial charge in [-0.25, -0.2) is 4.39 Å². The first-order valence-corrected chi connectivity index (χ1v) is 10.8. The number of para-hydroxylation sites is 1. The molecule has 1 fully saturated rings. The quantitative estimate of drug-likeness (QED) is 0.439. The van der Waals surface area contributed by atoms with Crippen molar-refractivity contribution in [1.82, 2.24) is 19.9 Å². The second kappa shape index (κ2) is 8.16. The van der Waals surface area contributed by atoms with Crippen LogP contribution < -0.4 is 10.2 Å². The van der Waals surface area contributed by atoms with Crippen LogP contribution in [-0.2, 0) is 0 Å². The number of aromatic nitrogens is 3. The molecule has 1 saturated heterocycles. The molecule has 160 valence electrons. The standard InChI is InChI=1S/C25H22FN5S/c1-16-14-19(17(2)30(16)18-8-7-12-27-15-18)24-23(21-10-5-6-13-28-21)29-25(32)31(24)22-11-4-3-9-20(22)26/h3-15,23-24H,1-2H3,(H,29,32)/t23-,24-/m0/s1. The smallest absolute Gasteiger partial charge is 0.174 e. The van der Waals surface area contributed by atoms with E-state index in [4.69, 9.17) is 12.2 Å². The zero-order chi connectivity index (χ0) is 22.2. The van der Waals surface area contributed by atoms with Crippen LogP contribution in [0.5, 0.6) is 0 Å². The molecule has 0 bridgehead atoms.